The molecule has 0 aliphatic carbocycles. The first-order chi connectivity index (χ1) is 8.70. The van der Waals surface area contributed by atoms with Gasteiger partial charge in [-0.2, -0.15) is 0 Å². The maximum absolute atomic E-state index is 10.8. The number of benzene rings is 1. The van der Waals surface area contributed by atoms with Gasteiger partial charge in [0, 0.05) is 6.54 Å². The molecule has 1 aromatic rings. The summed E-state index contributed by atoms with van der Waals surface area (Å²) >= 11 is 0. The van der Waals surface area contributed by atoms with Crippen molar-refractivity contribution in [2.45, 2.75) is 25.7 Å². The molecule has 1 aromatic carbocycles. The maximum Gasteiger partial charge on any atom is 0.317 e. The van der Waals surface area contributed by atoms with Crippen LogP contribution in [0.1, 0.15) is 31.2 Å². The topological polar surface area (TPSA) is 40.5 Å². The average molecular weight is 247 g/mol. The van der Waals surface area contributed by atoms with Gasteiger partial charge < -0.3 is 5.11 Å². The highest BCUT2D eigenvalue weighted by Gasteiger charge is 2.29. The van der Waals surface area contributed by atoms with E-state index in [2.05, 4.69) is 36.1 Å². The second kappa shape index (κ2) is 6.01. The van der Waals surface area contributed by atoms with E-state index in [0.29, 0.717) is 11.8 Å². The first-order valence-electron chi connectivity index (χ1n) is 6.69. The van der Waals surface area contributed by atoms with E-state index in [1.165, 1.54) is 5.56 Å². The van der Waals surface area contributed by atoms with Gasteiger partial charge in [0.2, 0.25) is 0 Å². The van der Waals surface area contributed by atoms with Crippen LogP contribution >= 0.6 is 0 Å². The van der Waals surface area contributed by atoms with Gasteiger partial charge in [0.25, 0.3) is 0 Å². The molecule has 2 rings (SSSR count). The maximum atomic E-state index is 10.8. The van der Waals surface area contributed by atoms with Gasteiger partial charge in [0.15, 0.2) is 0 Å². The Kier molecular flexibility index (Phi) is 4.37. The third kappa shape index (κ3) is 3.10. The van der Waals surface area contributed by atoms with Crippen molar-refractivity contribution in [3.63, 3.8) is 0 Å². The highest BCUT2D eigenvalue weighted by molar-refractivity contribution is 5.69. The van der Waals surface area contributed by atoms with Crippen LogP contribution in [-0.4, -0.2) is 35.6 Å². The Labute approximate surface area is 108 Å². The Morgan fingerprint density at radius 1 is 1.39 bits per heavy atom. The Morgan fingerprint density at radius 2 is 2.11 bits per heavy atom. The number of carboxylic acid groups (broad SMARTS) is 1. The van der Waals surface area contributed by atoms with Crippen LogP contribution in [0.2, 0.25) is 0 Å². The molecule has 1 aliphatic rings. The van der Waals surface area contributed by atoms with E-state index in [0.717, 1.165) is 25.9 Å². The monoisotopic (exact) mass is 247 g/mol. The Hall–Kier alpha value is -1.35. The molecular weight excluding hydrogens is 226 g/mol. The summed E-state index contributed by atoms with van der Waals surface area (Å²) in [6.07, 6.45) is 2.17. The molecule has 0 amide bonds. The highest BCUT2D eigenvalue weighted by atomic mass is 16.4. The van der Waals surface area contributed by atoms with Gasteiger partial charge in [-0.3, -0.25) is 9.69 Å². The van der Waals surface area contributed by atoms with Gasteiger partial charge in [-0.15, -0.1) is 0 Å². The van der Waals surface area contributed by atoms with E-state index in [4.69, 9.17) is 5.11 Å². The van der Waals surface area contributed by atoms with Gasteiger partial charge in [-0.1, -0.05) is 43.7 Å². The zero-order valence-electron chi connectivity index (χ0n) is 10.9. The van der Waals surface area contributed by atoms with E-state index >= 15 is 0 Å². The van der Waals surface area contributed by atoms with Crippen molar-refractivity contribution in [2.24, 2.45) is 5.92 Å². The molecule has 3 nitrogen and oxygen atoms in total. The molecule has 1 aliphatic heterocycles. The molecule has 0 unspecified atom stereocenters. The van der Waals surface area contributed by atoms with Gasteiger partial charge in [0.05, 0.1) is 6.54 Å². The molecule has 2 atom stereocenters. The number of hydrogen-bond donors (Lipinski definition) is 1. The summed E-state index contributed by atoms with van der Waals surface area (Å²) in [7, 11) is 0. The fraction of sp³-hybridized carbons (Fsp3) is 0.533. The summed E-state index contributed by atoms with van der Waals surface area (Å²) in [5.41, 5.74) is 1.40. The smallest absolute Gasteiger partial charge is 0.317 e. The SMILES string of the molecule is CC[C@H]1CN(CC(=O)O)CC[C@H]1c1ccccc1. The minimum atomic E-state index is -0.719. The number of hydrogen-bond acceptors (Lipinski definition) is 2. The number of nitrogens with zero attached hydrogens (tertiary/aromatic N) is 1. The molecule has 98 valence electrons. The highest BCUT2D eigenvalue weighted by Crippen LogP contribution is 2.34. The molecule has 1 fully saturated rings. The van der Waals surface area contributed by atoms with Crippen LogP contribution in [-0.2, 0) is 4.79 Å². The molecule has 3 heteroatoms. The number of rotatable bonds is 4. The van der Waals surface area contributed by atoms with Crippen molar-refractivity contribution < 1.29 is 9.90 Å². The Bertz CT molecular complexity index is 391. The predicted molar refractivity (Wildman–Crippen MR) is 71.7 cm³/mol. The summed E-state index contributed by atoms with van der Waals surface area (Å²) in [6.45, 7) is 4.17. The van der Waals surface area contributed by atoms with Crippen LogP contribution in [0.3, 0.4) is 0 Å². The van der Waals surface area contributed by atoms with Crippen molar-refractivity contribution in [1.82, 2.24) is 4.90 Å². The van der Waals surface area contributed by atoms with Crippen LogP contribution < -0.4 is 0 Å². The van der Waals surface area contributed by atoms with Crippen molar-refractivity contribution >= 4 is 5.97 Å². The average Bonchev–Trinajstić information content (AvgIpc) is 2.39. The normalized spacial score (nSPS) is 24.9. The molecule has 0 saturated carbocycles. The van der Waals surface area contributed by atoms with Gasteiger partial charge in [-0.25, -0.2) is 0 Å². The Morgan fingerprint density at radius 3 is 2.72 bits per heavy atom. The fourth-order valence-corrected chi connectivity index (χ4v) is 3.00. The van der Waals surface area contributed by atoms with Crippen molar-refractivity contribution in [3.05, 3.63) is 35.9 Å². The van der Waals surface area contributed by atoms with E-state index in [1.54, 1.807) is 0 Å². The second-order valence-corrected chi connectivity index (χ2v) is 5.10. The lowest BCUT2D eigenvalue weighted by atomic mass is 9.79. The van der Waals surface area contributed by atoms with Crippen LogP contribution in [0.4, 0.5) is 0 Å². The zero-order chi connectivity index (χ0) is 13.0. The second-order valence-electron chi connectivity index (χ2n) is 5.10. The van der Waals surface area contributed by atoms with E-state index in [-0.39, 0.29) is 6.54 Å². The minimum absolute atomic E-state index is 0.179. The lowest BCUT2D eigenvalue weighted by Gasteiger charge is -2.37. The van der Waals surface area contributed by atoms with Crippen molar-refractivity contribution in [2.75, 3.05) is 19.6 Å². The largest absolute Gasteiger partial charge is 0.480 e. The standard InChI is InChI=1S/C15H21NO2/c1-2-12-10-16(11-15(17)18)9-8-14(12)13-6-4-3-5-7-13/h3-7,12,14H,2,8-11H2,1H3,(H,17,18)/t12-,14+/m0/s1. The summed E-state index contributed by atoms with van der Waals surface area (Å²) in [5, 5.41) is 8.87. The number of carboxylic acids is 1. The molecule has 18 heavy (non-hydrogen) atoms. The van der Waals surface area contributed by atoms with E-state index in [9.17, 15) is 4.79 Å². The summed E-state index contributed by atoms with van der Waals surface area (Å²) in [4.78, 5) is 12.8. The van der Waals surface area contributed by atoms with Crippen LogP contribution in [0.25, 0.3) is 0 Å². The van der Waals surface area contributed by atoms with Crippen molar-refractivity contribution in [1.29, 1.82) is 0 Å². The number of piperidine rings is 1. The van der Waals surface area contributed by atoms with Crippen LogP contribution in [0, 0.1) is 5.92 Å². The first-order valence-corrected chi connectivity index (χ1v) is 6.69. The number of likely N-dealkylation sites (tertiary alicyclic amines) is 1. The minimum Gasteiger partial charge on any atom is -0.480 e. The van der Waals surface area contributed by atoms with Crippen LogP contribution in [0.15, 0.2) is 30.3 Å². The summed E-state index contributed by atoms with van der Waals surface area (Å²) in [5.74, 6) is 0.435. The number of carbonyl (C=O) groups is 1. The molecule has 0 radical (unpaired) electrons. The van der Waals surface area contributed by atoms with Gasteiger partial charge in [0.1, 0.15) is 0 Å². The van der Waals surface area contributed by atoms with E-state index < -0.39 is 5.97 Å². The summed E-state index contributed by atoms with van der Waals surface area (Å²) in [6, 6.07) is 10.6. The third-order valence-electron chi connectivity index (χ3n) is 3.93. The third-order valence-corrected chi connectivity index (χ3v) is 3.93. The molecule has 0 bridgehead atoms. The van der Waals surface area contributed by atoms with Crippen molar-refractivity contribution in [3.8, 4) is 0 Å². The van der Waals surface area contributed by atoms with Gasteiger partial charge >= 0.3 is 5.97 Å². The lowest BCUT2D eigenvalue weighted by molar-refractivity contribution is -0.138. The molecule has 0 spiro atoms. The fourth-order valence-electron chi connectivity index (χ4n) is 3.00. The Balaban J connectivity index is 2.04. The van der Waals surface area contributed by atoms with E-state index in [1.807, 2.05) is 6.07 Å². The van der Waals surface area contributed by atoms with Gasteiger partial charge in [-0.05, 0) is 30.4 Å². The predicted octanol–water partition coefficient (Wildman–Crippen LogP) is 2.59. The molecule has 0 aromatic heterocycles. The molecular formula is C15H21NO2. The molecule has 1 saturated heterocycles. The zero-order valence-corrected chi connectivity index (χ0v) is 10.9. The molecule has 1 N–H and O–H groups in total. The van der Waals surface area contributed by atoms with Crippen LogP contribution in [0.5, 0.6) is 0 Å². The molecule has 1 heterocycles. The number of aliphatic carboxylic acids is 1. The quantitative estimate of drug-likeness (QED) is 0.889. The lowest BCUT2D eigenvalue weighted by Crippen LogP contribution is -2.41. The summed E-state index contributed by atoms with van der Waals surface area (Å²) < 4.78 is 0. The first kappa shape index (κ1) is 13.1.